The van der Waals surface area contributed by atoms with Gasteiger partial charge < -0.3 is 14.3 Å². The Kier molecular flexibility index (Phi) is 5.59. The number of carbonyl (C=O) groups excluding carboxylic acids is 1. The molecule has 1 unspecified atom stereocenters. The van der Waals surface area contributed by atoms with Crippen LogP contribution in [-0.2, 0) is 4.74 Å². The van der Waals surface area contributed by atoms with Gasteiger partial charge in [-0.25, -0.2) is 9.59 Å². The summed E-state index contributed by atoms with van der Waals surface area (Å²) in [5.41, 5.74) is 3.27. The molecule has 170 valence electrons. The third-order valence-electron chi connectivity index (χ3n) is 5.77. The molecule has 7 nitrogen and oxygen atoms in total. The monoisotopic (exact) mass is 454 g/mol. The van der Waals surface area contributed by atoms with E-state index >= 15 is 0 Å². The number of ether oxygens (including phenoxy) is 1. The van der Waals surface area contributed by atoms with E-state index < -0.39 is 11.7 Å². The molecular weight excluding hydrogens is 432 g/mol. The second kappa shape index (κ2) is 8.86. The molecule has 1 aromatic heterocycles. The van der Waals surface area contributed by atoms with Gasteiger partial charge in [-0.1, -0.05) is 30.3 Å². The van der Waals surface area contributed by atoms with Crippen molar-refractivity contribution in [2.75, 3.05) is 11.6 Å². The fraction of sp³-hybridized carbons (Fsp3) is 0.148. The summed E-state index contributed by atoms with van der Waals surface area (Å²) in [7, 11) is 0. The molecule has 5 rings (SSSR count). The summed E-state index contributed by atoms with van der Waals surface area (Å²) in [6, 6.07) is 22.8. The van der Waals surface area contributed by atoms with E-state index in [4.69, 9.17) is 14.3 Å². The molecule has 4 aromatic rings. The number of hydrogen-bond donors (Lipinski definition) is 1. The van der Waals surface area contributed by atoms with Crippen LogP contribution in [0.15, 0.2) is 93.2 Å². The van der Waals surface area contributed by atoms with Crippen LogP contribution in [0.1, 0.15) is 40.9 Å². The predicted molar refractivity (Wildman–Crippen MR) is 129 cm³/mol. The normalized spacial score (nSPS) is 15.4. The molecule has 0 aliphatic carbocycles. The maximum atomic E-state index is 13.0. The largest absolute Gasteiger partial charge is 0.508 e. The van der Waals surface area contributed by atoms with E-state index in [0.29, 0.717) is 35.1 Å². The van der Waals surface area contributed by atoms with Crippen molar-refractivity contribution in [1.29, 1.82) is 0 Å². The molecule has 0 bridgehead atoms. The first-order valence-electron chi connectivity index (χ1n) is 11.0. The van der Waals surface area contributed by atoms with Crippen molar-refractivity contribution in [1.82, 2.24) is 0 Å². The Balaban J connectivity index is 1.57. The van der Waals surface area contributed by atoms with Crippen molar-refractivity contribution in [2.24, 2.45) is 5.10 Å². The van der Waals surface area contributed by atoms with Gasteiger partial charge in [0.1, 0.15) is 11.3 Å². The number of carbonyl (C=O) groups is 1. The average molecular weight is 454 g/mol. The van der Waals surface area contributed by atoms with E-state index in [-0.39, 0.29) is 11.7 Å². The molecule has 34 heavy (non-hydrogen) atoms. The van der Waals surface area contributed by atoms with Crippen LogP contribution in [0.3, 0.4) is 0 Å². The topological polar surface area (TPSA) is 92.3 Å². The maximum Gasteiger partial charge on any atom is 0.341 e. The number of aromatic hydroxyl groups is 1. The van der Waals surface area contributed by atoms with Crippen LogP contribution in [-0.4, -0.2) is 23.4 Å². The molecule has 0 amide bonds. The highest BCUT2D eigenvalue weighted by atomic mass is 16.5. The zero-order valence-electron chi connectivity index (χ0n) is 18.5. The quantitative estimate of drug-likeness (QED) is 0.336. The zero-order valence-corrected chi connectivity index (χ0v) is 18.5. The smallest absolute Gasteiger partial charge is 0.341 e. The Bertz CT molecular complexity index is 1440. The summed E-state index contributed by atoms with van der Waals surface area (Å²) in [5.74, 6) is -0.360. The lowest BCUT2D eigenvalue weighted by atomic mass is 9.98. The van der Waals surface area contributed by atoms with Crippen molar-refractivity contribution < 1.29 is 19.1 Å². The van der Waals surface area contributed by atoms with Crippen LogP contribution >= 0.6 is 0 Å². The van der Waals surface area contributed by atoms with Crippen molar-refractivity contribution in [2.45, 2.75) is 19.4 Å². The van der Waals surface area contributed by atoms with Crippen molar-refractivity contribution in [3.05, 3.63) is 106 Å². The average Bonchev–Trinajstić information content (AvgIpc) is 3.29. The van der Waals surface area contributed by atoms with Gasteiger partial charge >= 0.3 is 11.6 Å². The van der Waals surface area contributed by atoms with Gasteiger partial charge in [0.15, 0.2) is 0 Å². The van der Waals surface area contributed by atoms with Crippen LogP contribution < -0.4 is 10.6 Å². The fourth-order valence-corrected chi connectivity index (χ4v) is 4.11. The van der Waals surface area contributed by atoms with Crippen molar-refractivity contribution in [3.8, 4) is 5.75 Å². The number of rotatable bonds is 5. The lowest BCUT2D eigenvalue weighted by Gasteiger charge is -2.23. The molecule has 1 aliphatic heterocycles. The minimum atomic E-state index is -0.485. The molecule has 7 heteroatoms. The summed E-state index contributed by atoms with van der Waals surface area (Å²) in [6.07, 6.45) is 0.498. The number of esters is 1. The summed E-state index contributed by atoms with van der Waals surface area (Å²) >= 11 is 0. The number of anilines is 1. The van der Waals surface area contributed by atoms with Gasteiger partial charge in [0.2, 0.25) is 0 Å². The van der Waals surface area contributed by atoms with E-state index in [1.807, 2.05) is 30.3 Å². The first-order chi connectivity index (χ1) is 16.5. The molecule has 0 radical (unpaired) electrons. The van der Waals surface area contributed by atoms with Crippen LogP contribution in [0.4, 0.5) is 5.69 Å². The number of fused-ring (bicyclic) bond motifs is 1. The Morgan fingerprint density at radius 2 is 1.85 bits per heavy atom. The third kappa shape index (κ3) is 4.03. The fourth-order valence-electron chi connectivity index (χ4n) is 4.11. The number of benzene rings is 3. The summed E-state index contributed by atoms with van der Waals surface area (Å²) in [4.78, 5) is 25.0. The molecular formula is C27H22N2O5. The minimum absolute atomic E-state index is 0.0299. The molecule has 3 aromatic carbocycles. The van der Waals surface area contributed by atoms with E-state index in [9.17, 15) is 14.7 Å². The summed E-state index contributed by atoms with van der Waals surface area (Å²) in [5, 5.41) is 17.1. The Hall–Kier alpha value is -4.39. The Morgan fingerprint density at radius 1 is 1.09 bits per heavy atom. The van der Waals surface area contributed by atoms with Crippen LogP contribution in [0.5, 0.6) is 5.75 Å². The van der Waals surface area contributed by atoms with Gasteiger partial charge in [0.25, 0.3) is 0 Å². The molecule has 1 atom stereocenters. The van der Waals surface area contributed by atoms with Crippen LogP contribution in [0.25, 0.3) is 11.0 Å². The molecule has 0 spiro atoms. The summed E-state index contributed by atoms with van der Waals surface area (Å²) in [6.45, 7) is 2.06. The second-order valence-electron chi connectivity index (χ2n) is 7.96. The summed E-state index contributed by atoms with van der Waals surface area (Å²) < 4.78 is 10.6. The second-order valence-corrected chi connectivity index (χ2v) is 7.96. The van der Waals surface area contributed by atoms with E-state index in [2.05, 4.69) is 0 Å². The standard InChI is InChI=1S/C27H22N2O5/c1-2-33-26(31)18-8-11-20(12-9-18)29-24(16-23(28-29)17-6-4-3-5-7-17)22-14-19-10-13-21(30)15-25(19)34-27(22)32/h3-15,24,30H,2,16H2,1H3. The molecule has 0 saturated carbocycles. The molecule has 0 saturated heterocycles. The molecule has 0 fully saturated rings. The maximum absolute atomic E-state index is 13.0. The highest BCUT2D eigenvalue weighted by Crippen LogP contribution is 2.36. The third-order valence-corrected chi connectivity index (χ3v) is 5.77. The van der Waals surface area contributed by atoms with E-state index in [0.717, 1.165) is 17.0 Å². The first kappa shape index (κ1) is 21.5. The van der Waals surface area contributed by atoms with Crippen LogP contribution in [0, 0.1) is 0 Å². The number of nitrogens with zero attached hydrogens (tertiary/aromatic N) is 2. The van der Waals surface area contributed by atoms with Gasteiger partial charge in [-0.3, -0.25) is 5.01 Å². The van der Waals surface area contributed by atoms with Crippen molar-refractivity contribution in [3.63, 3.8) is 0 Å². The number of hydrogen-bond acceptors (Lipinski definition) is 7. The van der Waals surface area contributed by atoms with Gasteiger partial charge in [-0.2, -0.15) is 5.10 Å². The Morgan fingerprint density at radius 3 is 2.59 bits per heavy atom. The van der Waals surface area contributed by atoms with E-state index in [1.54, 1.807) is 54.4 Å². The molecule has 2 heterocycles. The van der Waals surface area contributed by atoms with Gasteiger partial charge in [-0.15, -0.1) is 0 Å². The van der Waals surface area contributed by atoms with Crippen molar-refractivity contribution >= 4 is 28.3 Å². The number of phenols is 1. The molecule has 1 aliphatic rings. The lowest BCUT2D eigenvalue weighted by molar-refractivity contribution is 0.0526. The highest BCUT2D eigenvalue weighted by Gasteiger charge is 2.32. The minimum Gasteiger partial charge on any atom is -0.508 e. The van der Waals surface area contributed by atoms with Gasteiger partial charge in [-0.05, 0) is 55.0 Å². The number of hydrazone groups is 1. The zero-order chi connectivity index (χ0) is 23.7. The SMILES string of the molecule is CCOC(=O)c1ccc(N2N=C(c3ccccc3)CC2c2cc3ccc(O)cc3oc2=O)cc1. The lowest BCUT2D eigenvalue weighted by Crippen LogP contribution is -2.24. The molecule has 1 N–H and O–H groups in total. The number of phenolic OH excluding ortho intramolecular Hbond substituents is 1. The van der Waals surface area contributed by atoms with Gasteiger partial charge in [0, 0.05) is 17.9 Å². The first-order valence-corrected chi connectivity index (χ1v) is 11.0. The van der Waals surface area contributed by atoms with E-state index in [1.165, 1.54) is 6.07 Å². The van der Waals surface area contributed by atoms with Crippen LogP contribution in [0.2, 0.25) is 0 Å². The highest BCUT2D eigenvalue weighted by molar-refractivity contribution is 6.03. The predicted octanol–water partition coefficient (Wildman–Crippen LogP) is 5.03. The van der Waals surface area contributed by atoms with Gasteiger partial charge in [0.05, 0.1) is 35.2 Å². The Labute approximate surface area is 195 Å².